The maximum Gasteiger partial charge on any atom is 0.433 e. The molecule has 0 aliphatic rings. The van der Waals surface area contributed by atoms with Gasteiger partial charge < -0.3 is 5.32 Å². The van der Waals surface area contributed by atoms with Crippen molar-refractivity contribution < 1.29 is 18.0 Å². The minimum Gasteiger partial charge on any atom is -0.349 e. The van der Waals surface area contributed by atoms with Crippen molar-refractivity contribution in [2.45, 2.75) is 25.9 Å². The van der Waals surface area contributed by atoms with E-state index in [1.54, 1.807) is 30.3 Å². The van der Waals surface area contributed by atoms with Crippen LogP contribution in [0.4, 0.5) is 13.2 Å². The van der Waals surface area contributed by atoms with Crippen LogP contribution < -0.4 is 5.32 Å². The first-order valence-electron chi connectivity index (χ1n) is 8.09. The lowest BCUT2D eigenvalue weighted by molar-refractivity contribution is -0.142. The van der Waals surface area contributed by atoms with Crippen LogP contribution in [-0.2, 0) is 6.18 Å². The fourth-order valence-electron chi connectivity index (χ4n) is 2.38. The molecule has 0 radical (unpaired) electrons. The molecule has 6 nitrogen and oxygen atoms in total. The third-order valence-corrected chi connectivity index (χ3v) is 3.69. The quantitative estimate of drug-likeness (QED) is 0.706. The zero-order valence-corrected chi connectivity index (χ0v) is 13.9. The van der Waals surface area contributed by atoms with Crippen LogP contribution >= 0.6 is 0 Å². The Bertz CT molecular complexity index is 921. The van der Waals surface area contributed by atoms with E-state index >= 15 is 0 Å². The molecule has 1 N–H and O–H groups in total. The van der Waals surface area contributed by atoms with Gasteiger partial charge in [0.1, 0.15) is 0 Å². The third kappa shape index (κ3) is 3.66. The third-order valence-electron chi connectivity index (χ3n) is 3.69. The Morgan fingerprint density at radius 2 is 1.92 bits per heavy atom. The minimum absolute atomic E-state index is 0.107. The number of nitrogens with zero attached hydrogens (tertiary/aromatic N) is 4. The fourth-order valence-corrected chi connectivity index (χ4v) is 2.38. The standard InChI is InChI=1S/C17H16F3N5O/c1-2-3-9-21-15(26)14-23-16-22-12(11-7-5-4-6-8-11)10-13(17(18,19)20)25(16)24-14/h4-8,10H,2-3,9H2,1H3,(H,21,26). The van der Waals surface area contributed by atoms with E-state index in [2.05, 4.69) is 20.4 Å². The van der Waals surface area contributed by atoms with E-state index in [4.69, 9.17) is 0 Å². The number of rotatable bonds is 5. The number of hydrogen-bond acceptors (Lipinski definition) is 4. The number of halogens is 3. The van der Waals surface area contributed by atoms with Crippen molar-refractivity contribution in [3.8, 4) is 11.3 Å². The summed E-state index contributed by atoms with van der Waals surface area (Å²) in [6.07, 6.45) is -3.04. The van der Waals surface area contributed by atoms with Gasteiger partial charge in [-0.2, -0.15) is 22.7 Å². The Labute approximate surface area is 147 Å². The maximum absolute atomic E-state index is 13.5. The Kier molecular flexibility index (Phi) is 4.88. The summed E-state index contributed by atoms with van der Waals surface area (Å²) in [5.41, 5.74) is -0.422. The SMILES string of the molecule is CCCCNC(=O)c1nc2nc(-c3ccccc3)cc(C(F)(F)F)n2n1. The minimum atomic E-state index is -4.67. The summed E-state index contributed by atoms with van der Waals surface area (Å²) in [5.74, 6) is -1.25. The van der Waals surface area contributed by atoms with Gasteiger partial charge >= 0.3 is 6.18 Å². The number of hydrogen-bond donors (Lipinski definition) is 1. The molecule has 2 heterocycles. The van der Waals surface area contributed by atoms with E-state index in [1.165, 1.54) is 0 Å². The summed E-state index contributed by atoms with van der Waals surface area (Å²) in [4.78, 5) is 20.1. The van der Waals surface area contributed by atoms with Crippen molar-refractivity contribution in [1.29, 1.82) is 0 Å². The van der Waals surface area contributed by atoms with Crippen LogP contribution in [0.1, 0.15) is 36.1 Å². The van der Waals surface area contributed by atoms with Gasteiger partial charge in [-0.15, -0.1) is 5.10 Å². The Morgan fingerprint density at radius 1 is 1.19 bits per heavy atom. The van der Waals surface area contributed by atoms with Crippen molar-refractivity contribution in [3.05, 3.63) is 47.9 Å². The number of unbranched alkanes of at least 4 members (excludes halogenated alkanes) is 1. The zero-order chi connectivity index (χ0) is 18.7. The average Bonchev–Trinajstić information content (AvgIpc) is 3.05. The van der Waals surface area contributed by atoms with Crippen LogP contribution in [-0.4, -0.2) is 32.0 Å². The van der Waals surface area contributed by atoms with Gasteiger partial charge in [0, 0.05) is 12.1 Å². The zero-order valence-electron chi connectivity index (χ0n) is 13.9. The number of aromatic nitrogens is 4. The molecule has 0 spiro atoms. The second-order valence-electron chi connectivity index (χ2n) is 5.65. The Hall–Kier alpha value is -2.97. The van der Waals surface area contributed by atoms with Gasteiger partial charge in [0.15, 0.2) is 5.69 Å². The van der Waals surface area contributed by atoms with Crippen molar-refractivity contribution in [2.75, 3.05) is 6.54 Å². The van der Waals surface area contributed by atoms with E-state index in [1.807, 2.05) is 6.92 Å². The number of benzene rings is 1. The van der Waals surface area contributed by atoms with Gasteiger partial charge in [-0.25, -0.2) is 4.98 Å². The lowest BCUT2D eigenvalue weighted by Gasteiger charge is -2.10. The van der Waals surface area contributed by atoms with Gasteiger partial charge in [-0.05, 0) is 12.5 Å². The van der Waals surface area contributed by atoms with Crippen molar-refractivity contribution in [3.63, 3.8) is 0 Å². The van der Waals surface area contributed by atoms with Crippen LogP contribution in [0.25, 0.3) is 17.0 Å². The predicted octanol–water partition coefficient (Wildman–Crippen LogP) is 3.34. The van der Waals surface area contributed by atoms with Crippen molar-refractivity contribution in [2.24, 2.45) is 0 Å². The van der Waals surface area contributed by atoms with Crippen LogP contribution in [0.3, 0.4) is 0 Å². The molecular formula is C17H16F3N5O. The largest absolute Gasteiger partial charge is 0.433 e. The van der Waals surface area contributed by atoms with E-state index < -0.39 is 17.8 Å². The van der Waals surface area contributed by atoms with E-state index in [9.17, 15) is 18.0 Å². The highest BCUT2D eigenvalue weighted by Crippen LogP contribution is 2.31. The van der Waals surface area contributed by atoms with Gasteiger partial charge in [-0.1, -0.05) is 43.7 Å². The highest BCUT2D eigenvalue weighted by Gasteiger charge is 2.36. The van der Waals surface area contributed by atoms with E-state index in [0.29, 0.717) is 16.6 Å². The second kappa shape index (κ2) is 7.11. The normalized spacial score (nSPS) is 11.7. The van der Waals surface area contributed by atoms with Crippen LogP contribution in [0.15, 0.2) is 36.4 Å². The molecular weight excluding hydrogens is 347 g/mol. The molecule has 0 aliphatic heterocycles. The molecule has 0 bridgehead atoms. The average molecular weight is 363 g/mol. The number of amides is 1. The molecule has 0 saturated carbocycles. The van der Waals surface area contributed by atoms with Crippen molar-refractivity contribution in [1.82, 2.24) is 24.9 Å². The molecule has 26 heavy (non-hydrogen) atoms. The molecule has 9 heteroatoms. The monoisotopic (exact) mass is 363 g/mol. The molecule has 3 rings (SSSR count). The lowest BCUT2D eigenvalue weighted by Crippen LogP contribution is -2.25. The first-order chi connectivity index (χ1) is 12.4. The Balaban J connectivity index is 2.07. The maximum atomic E-state index is 13.5. The fraction of sp³-hybridized carbons (Fsp3) is 0.294. The Morgan fingerprint density at radius 3 is 2.58 bits per heavy atom. The number of fused-ring (bicyclic) bond motifs is 1. The van der Waals surface area contributed by atoms with Gasteiger partial charge in [-0.3, -0.25) is 4.79 Å². The lowest BCUT2D eigenvalue weighted by atomic mass is 10.1. The van der Waals surface area contributed by atoms with E-state index in [-0.39, 0.29) is 17.3 Å². The molecule has 1 aromatic carbocycles. The van der Waals surface area contributed by atoms with Crippen LogP contribution in [0, 0.1) is 0 Å². The van der Waals surface area contributed by atoms with Gasteiger partial charge in [0.05, 0.1) is 5.69 Å². The summed E-state index contributed by atoms with van der Waals surface area (Å²) in [7, 11) is 0. The summed E-state index contributed by atoms with van der Waals surface area (Å²) in [6, 6.07) is 9.34. The number of carbonyl (C=O) groups is 1. The van der Waals surface area contributed by atoms with Gasteiger partial charge in [0.2, 0.25) is 5.82 Å². The first kappa shape index (κ1) is 17.8. The highest BCUT2D eigenvalue weighted by atomic mass is 19.4. The molecule has 0 unspecified atom stereocenters. The molecule has 136 valence electrons. The summed E-state index contributed by atoms with van der Waals surface area (Å²) in [6.45, 7) is 2.36. The number of nitrogens with one attached hydrogen (secondary N) is 1. The predicted molar refractivity (Wildman–Crippen MR) is 88.5 cm³/mol. The van der Waals surface area contributed by atoms with Crippen LogP contribution in [0.5, 0.6) is 0 Å². The molecule has 2 aromatic heterocycles. The summed E-state index contributed by atoms with van der Waals surface area (Å²) < 4.78 is 40.9. The van der Waals surface area contributed by atoms with Crippen molar-refractivity contribution >= 4 is 11.7 Å². The van der Waals surface area contributed by atoms with Gasteiger partial charge in [0.25, 0.3) is 11.7 Å². The summed E-state index contributed by atoms with van der Waals surface area (Å²) >= 11 is 0. The number of carbonyl (C=O) groups excluding carboxylic acids is 1. The first-order valence-corrected chi connectivity index (χ1v) is 8.09. The topological polar surface area (TPSA) is 72.2 Å². The smallest absolute Gasteiger partial charge is 0.349 e. The number of alkyl halides is 3. The molecule has 0 fully saturated rings. The molecule has 0 aliphatic carbocycles. The van der Waals surface area contributed by atoms with E-state index in [0.717, 1.165) is 18.9 Å². The van der Waals surface area contributed by atoms with Crippen LogP contribution in [0.2, 0.25) is 0 Å². The molecule has 3 aromatic rings. The second-order valence-corrected chi connectivity index (χ2v) is 5.65. The summed E-state index contributed by atoms with van der Waals surface area (Å²) in [5, 5.41) is 6.28. The highest BCUT2D eigenvalue weighted by molar-refractivity contribution is 5.90. The molecule has 0 saturated heterocycles. The molecule has 1 amide bonds. The molecule has 0 atom stereocenters.